The predicted octanol–water partition coefficient (Wildman–Crippen LogP) is 3.31. The van der Waals surface area contributed by atoms with Crippen LogP contribution >= 0.6 is 12.6 Å². The Balaban J connectivity index is 0. The van der Waals surface area contributed by atoms with Crippen LogP contribution in [0.2, 0.25) is 0 Å². The van der Waals surface area contributed by atoms with E-state index in [4.69, 9.17) is 0 Å². The maximum atomic E-state index is 3.53. The number of rotatable bonds is 2. The summed E-state index contributed by atoms with van der Waals surface area (Å²) in [6.45, 7) is 11.3. The van der Waals surface area contributed by atoms with E-state index in [2.05, 4.69) is 38.4 Å². The van der Waals surface area contributed by atoms with E-state index in [0.717, 1.165) is 0 Å². The molecule has 0 aromatic rings. The standard InChI is InChI=1S/C8H17N.C2H6.CH4S/c1-4-5-8(2)6-9(3)7-8;2*1-2/h4-7H2,1-3H3;1-2H3;2H,1H3. The lowest BCUT2D eigenvalue weighted by atomic mass is 9.79. The van der Waals surface area contributed by atoms with Gasteiger partial charge in [0.05, 0.1) is 0 Å². The van der Waals surface area contributed by atoms with Crippen molar-refractivity contribution in [2.75, 3.05) is 26.4 Å². The molecule has 0 atom stereocenters. The molecular weight excluding hydrogens is 178 g/mol. The van der Waals surface area contributed by atoms with Crippen molar-refractivity contribution in [3.05, 3.63) is 0 Å². The smallest absolute Gasteiger partial charge is 0.00448 e. The van der Waals surface area contributed by atoms with E-state index in [9.17, 15) is 0 Å². The van der Waals surface area contributed by atoms with Gasteiger partial charge in [-0.3, -0.25) is 0 Å². The highest BCUT2D eigenvalue weighted by Crippen LogP contribution is 2.32. The Morgan fingerprint density at radius 3 is 1.85 bits per heavy atom. The molecule has 0 bridgehead atoms. The minimum absolute atomic E-state index is 0.670. The Labute approximate surface area is 90.3 Å². The average Bonchev–Trinajstić information content (AvgIpc) is 2.10. The second-order valence-corrected chi connectivity index (χ2v) is 3.73. The van der Waals surface area contributed by atoms with Gasteiger partial charge in [-0.2, -0.15) is 12.6 Å². The lowest BCUT2D eigenvalue weighted by molar-refractivity contribution is 0.0311. The van der Waals surface area contributed by atoms with Crippen LogP contribution < -0.4 is 0 Å². The maximum absolute atomic E-state index is 3.53. The number of nitrogens with zero attached hydrogens (tertiary/aromatic N) is 1. The SMILES string of the molecule is CC.CCCC1(C)CN(C)C1.CS. The fraction of sp³-hybridized carbons (Fsp3) is 1.00. The van der Waals surface area contributed by atoms with Crippen LogP contribution in [0.15, 0.2) is 0 Å². The zero-order chi connectivity index (χ0) is 10.9. The molecule has 0 aromatic carbocycles. The maximum Gasteiger partial charge on any atom is 0.00448 e. The third-order valence-electron chi connectivity index (χ3n) is 2.16. The lowest BCUT2D eigenvalue weighted by Crippen LogP contribution is -2.52. The summed E-state index contributed by atoms with van der Waals surface area (Å²) in [6, 6.07) is 0. The van der Waals surface area contributed by atoms with Crippen LogP contribution in [-0.2, 0) is 0 Å². The first-order chi connectivity index (χ1) is 6.16. The summed E-state index contributed by atoms with van der Waals surface area (Å²) in [5.74, 6) is 0. The van der Waals surface area contributed by atoms with Gasteiger partial charge < -0.3 is 4.90 Å². The van der Waals surface area contributed by atoms with Crippen LogP contribution in [0, 0.1) is 5.41 Å². The number of hydrogen-bond donors (Lipinski definition) is 1. The van der Waals surface area contributed by atoms with Gasteiger partial charge in [-0.05, 0) is 25.1 Å². The van der Waals surface area contributed by atoms with E-state index >= 15 is 0 Å². The van der Waals surface area contributed by atoms with Crippen molar-refractivity contribution in [2.45, 2.75) is 40.5 Å². The van der Waals surface area contributed by atoms with E-state index in [0.29, 0.717) is 5.41 Å². The second kappa shape index (κ2) is 8.89. The van der Waals surface area contributed by atoms with Crippen LogP contribution in [-0.4, -0.2) is 31.3 Å². The first-order valence-electron chi connectivity index (χ1n) is 5.29. The zero-order valence-corrected chi connectivity index (χ0v) is 11.1. The monoisotopic (exact) mass is 205 g/mol. The largest absolute Gasteiger partial charge is 0.305 e. The Hall–Kier alpha value is 0.310. The first kappa shape index (κ1) is 15.8. The summed E-state index contributed by atoms with van der Waals surface area (Å²) in [6.07, 6.45) is 4.43. The Bertz CT molecular complexity index is 92.8. The van der Waals surface area contributed by atoms with E-state index in [-0.39, 0.29) is 0 Å². The van der Waals surface area contributed by atoms with Crippen molar-refractivity contribution in [1.82, 2.24) is 4.90 Å². The fourth-order valence-corrected chi connectivity index (χ4v) is 2.02. The van der Waals surface area contributed by atoms with Gasteiger partial charge in [-0.15, -0.1) is 0 Å². The van der Waals surface area contributed by atoms with Crippen molar-refractivity contribution in [1.29, 1.82) is 0 Å². The number of likely N-dealkylation sites (tertiary alicyclic amines) is 1. The molecular formula is C11H27NS. The van der Waals surface area contributed by atoms with E-state index in [1.165, 1.54) is 25.9 Å². The molecule has 1 heterocycles. The quantitative estimate of drug-likeness (QED) is 0.677. The summed E-state index contributed by atoms with van der Waals surface area (Å²) in [4.78, 5) is 2.38. The van der Waals surface area contributed by atoms with Crippen molar-refractivity contribution in [3.8, 4) is 0 Å². The molecule has 1 saturated heterocycles. The molecule has 13 heavy (non-hydrogen) atoms. The molecule has 0 aliphatic carbocycles. The third-order valence-corrected chi connectivity index (χ3v) is 2.16. The Kier molecular flexibility index (Phi) is 10.8. The van der Waals surface area contributed by atoms with Gasteiger partial charge in [-0.1, -0.05) is 34.1 Å². The molecule has 2 heteroatoms. The molecule has 1 fully saturated rings. The summed E-state index contributed by atoms with van der Waals surface area (Å²) < 4.78 is 0. The molecule has 0 radical (unpaired) electrons. The molecule has 1 aliphatic heterocycles. The van der Waals surface area contributed by atoms with Gasteiger partial charge in [0.1, 0.15) is 0 Å². The highest BCUT2D eigenvalue weighted by atomic mass is 32.1. The summed E-state index contributed by atoms with van der Waals surface area (Å²) >= 11 is 3.53. The predicted molar refractivity (Wildman–Crippen MR) is 66.8 cm³/mol. The van der Waals surface area contributed by atoms with E-state index < -0.39 is 0 Å². The highest BCUT2D eigenvalue weighted by Gasteiger charge is 2.34. The van der Waals surface area contributed by atoms with Gasteiger partial charge >= 0.3 is 0 Å². The number of hydrogen-bond acceptors (Lipinski definition) is 2. The van der Waals surface area contributed by atoms with Crippen molar-refractivity contribution < 1.29 is 0 Å². The van der Waals surface area contributed by atoms with Crippen molar-refractivity contribution in [3.63, 3.8) is 0 Å². The highest BCUT2D eigenvalue weighted by molar-refractivity contribution is 7.79. The third kappa shape index (κ3) is 6.39. The van der Waals surface area contributed by atoms with Gasteiger partial charge in [-0.25, -0.2) is 0 Å². The van der Waals surface area contributed by atoms with Gasteiger partial charge in [0.2, 0.25) is 0 Å². The minimum Gasteiger partial charge on any atom is -0.305 e. The lowest BCUT2D eigenvalue weighted by Gasteiger charge is -2.46. The summed E-state index contributed by atoms with van der Waals surface area (Å²) in [5.41, 5.74) is 0.670. The molecule has 0 unspecified atom stereocenters. The Morgan fingerprint density at radius 2 is 1.62 bits per heavy atom. The summed E-state index contributed by atoms with van der Waals surface area (Å²) in [5, 5.41) is 0. The minimum atomic E-state index is 0.670. The Morgan fingerprint density at radius 1 is 1.23 bits per heavy atom. The average molecular weight is 205 g/mol. The molecule has 82 valence electrons. The van der Waals surface area contributed by atoms with E-state index in [1.807, 2.05) is 13.8 Å². The molecule has 0 spiro atoms. The normalized spacial score (nSPS) is 18.7. The molecule has 0 N–H and O–H groups in total. The second-order valence-electron chi connectivity index (χ2n) is 3.73. The first-order valence-corrected chi connectivity index (χ1v) is 6.19. The van der Waals surface area contributed by atoms with Crippen LogP contribution in [0.3, 0.4) is 0 Å². The zero-order valence-electron chi connectivity index (χ0n) is 10.2. The van der Waals surface area contributed by atoms with Gasteiger partial charge in [0.25, 0.3) is 0 Å². The van der Waals surface area contributed by atoms with Crippen LogP contribution in [0.25, 0.3) is 0 Å². The van der Waals surface area contributed by atoms with Crippen LogP contribution in [0.5, 0.6) is 0 Å². The molecule has 1 nitrogen and oxygen atoms in total. The van der Waals surface area contributed by atoms with Gasteiger partial charge in [0.15, 0.2) is 0 Å². The fourth-order valence-electron chi connectivity index (χ4n) is 2.02. The molecule has 1 rings (SSSR count). The topological polar surface area (TPSA) is 3.24 Å². The molecule has 0 saturated carbocycles. The summed E-state index contributed by atoms with van der Waals surface area (Å²) in [7, 11) is 2.19. The van der Waals surface area contributed by atoms with Crippen molar-refractivity contribution in [2.24, 2.45) is 5.41 Å². The molecule has 1 aliphatic rings. The van der Waals surface area contributed by atoms with E-state index in [1.54, 1.807) is 6.26 Å². The van der Waals surface area contributed by atoms with Crippen LogP contribution in [0.1, 0.15) is 40.5 Å². The number of thiol groups is 1. The van der Waals surface area contributed by atoms with Crippen molar-refractivity contribution >= 4 is 12.6 Å². The molecule has 0 amide bonds. The molecule has 0 aromatic heterocycles. The van der Waals surface area contributed by atoms with Gasteiger partial charge in [0, 0.05) is 13.1 Å². The van der Waals surface area contributed by atoms with Crippen LogP contribution in [0.4, 0.5) is 0 Å².